The van der Waals surface area contributed by atoms with Gasteiger partial charge in [-0.05, 0) is 32.7 Å². The molecule has 0 aliphatic heterocycles. The lowest BCUT2D eigenvalue weighted by atomic mass is 9.97. The number of primary amides is 1. The molecule has 0 heterocycles. The molecule has 0 aromatic heterocycles. The molecule has 0 rings (SSSR count). The van der Waals surface area contributed by atoms with Gasteiger partial charge in [-0.1, -0.05) is 13.8 Å². The van der Waals surface area contributed by atoms with Gasteiger partial charge in [0.1, 0.15) is 0 Å². The lowest BCUT2D eigenvalue weighted by Crippen LogP contribution is -2.54. The van der Waals surface area contributed by atoms with Crippen molar-refractivity contribution in [2.45, 2.75) is 45.6 Å². The van der Waals surface area contributed by atoms with Gasteiger partial charge in [0, 0.05) is 13.2 Å². The van der Waals surface area contributed by atoms with Gasteiger partial charge in [0.15, 0.2) is 0 Å². The first-order valence-electron chi connectivity index (χ1n) is 6.77. The first-order chi connectivity index (χ1) is 8.56. The fraction of sp³-hybridized carbons (Fsp3) is 0.923. The van der Waals surface area contributed by atoms with Gasteiger partial charge in [-0.25, -0.2) is 0 Å². The number of nitrogens with two attached hydrogens (primary N) is 1. The maximum absolute atomic E-state index is 11.4. The smallest absolute Gasteiger partial charge is 0.237 e. The zero-order valence-electron chi connectivity index (χ0n) is 12.0. The van der Waals surface area contributed by atoms with Crippen molar-refractivity contribution in [2.24, 2.45) is 5.73 Å². The van der Waals surface area contributed by atoms with Gasteiger partial charge in [-0.15, -0.1) is 0 Å². The number of ether oxygens (including phenoxy) is 2. The van der Waals surface area contributed by atoms with Gasteiger partial charge < -0.3 is 20.5 Å². The molecule has 0 fully saturated rings. The molecule has 1 amide bonds. The molecule has 0 saturated heterocycles. The molecule has 3 N–H and O–H groups in total. The van der Waals surface area contributed by atoms with Crippen molar-refractivity contribution in [1.82, 2.24) is 5.32 Å². The monoisotopic (exact) mass is 260 g/mol. The Labute approximate surface area is 110 Å². The Bertz CT molecular complexity index is 224. The zero-order valence-corrected chi connectivity index (χ0v) is 12.0. The number of hydrogen-bond donors (Lipinski definition) is 2. The molecular formula is C13H28N2O3. The van der Waals surface area contributed by atoms with Crippen LogP contribution in [0.2, 0.25) is 0 Å². The maximum Gasteiger partial charge on any atom is 0.237 e. The van der Waals surface area contributed by atoms with Crippen LogP contribution in [0.5, 0.6) is 0 Å². The van der Waals surface area contributed by atoms with Crippen LogP contribution in [0.25, 0.3) is 0 Å². The highest BCUT2D eigenvalue weighted by atomic mass is 16.5. The molecule has 0 radical (unpaired) electrons. The summed E-state index contributed by atoms with van der Waals surface area (Å²) in [4.78, 5) is 11.4. The van der Waals surface area contributed by atoms with E-state index >= 15 is 0 Å². The lowest BCUT2D eigenvalue weighted by Gasteiger charge is -2.27. The normalized spacial score (nSPS) is 14.4. The van der Waals surface area contributed by atoms with Gasteiger partial charge in [-0.3, -0.25) is 4.79 Å². The predicted molar refractivity (Wildman–Crippen MR) is 72.4 cm³/mol. The summed E-state index contributed by atoms with van der Waals surface area (Å²) in [6.45, 7) is 9.15. The number of carbonyl (C=O) groups excluding carboxylic acids is 1. The van der Waals surface area contributed by atoms with Crippen molar-refractivity contribution in [3.63, 3.8) is 0 Å². The fourth-order valence-corrected chi connectivity index (χ4v) is 1.44. The number of hydrogen-bond acceptors (Lipinski definition) is 4. The number of carbonyl (C=O) groups is 1. The third-order valence-corrected chi connectivity index (χ3v) is 2.78. The van der Waals surface area contributed by atoms with Crippen molar-refractivity contribution in [1.29, 1.82) is 0 Å². The number of rotatable bonds is 12. The Morgan fingerprint density at radius 2 is 1.72 bits per heavy atom. The van der Waals surface area contributed by atoms with E-state index in [1.54, 1.807) is 0 Å². The summed E-state index contributed by atoms with van der Waals surface area (Å²) in [7, 11) is 0. The van der Waals surface area contributed by atoms with Crippen LogP contribution in [0.1, 0.15) is 40.0 Å². The third kappa shape index (κ3) is 7.63. The Morgan fingerprint density at radius 1 is 1.11 bits per heavy atom. The van der Waals surface area contributed by atoms with Gasteiger partial charge in [0.25, 0.3) is 0 Å². The molecular weight excluding hydrogens is 232 g/mol. The van der Waals surface area contributed by atoms with E-state index in [-0.39, 0.29) is 5.91 Å². The van der Waals surface area contributed by atoms with Gasteiger partial charge >= 0.3 is 0 Å². The first-order valence-corrected chi connectivity index (χ1v) is 6.77. The van der Waals surface area contributed by atoms with Crippen molar-refractivity contribution >= 4 is 5.91 Å². The van der Waals surface area contributed by atoms with Crippen molar-refractivity contribution in [3.05, 3.63) is 0 Å². The number of amides is 1. The van der Waals surface area contributed by atoms with Crippen LogP contribution in [0, 0.1) is 0 Å². The first kappa shape index (κ1) is 17.4. The standard InChI is InChI=1S/C13H28N2O3/c1-4-7-15-13(3,12(14)16)6-9-18-11-10-17-8-5-2/h15H,4-11H2,1-3H3,(H2,14,16). The molecule has 0 saturated carbocycles. The summed E-state index contributed by atoms with van der Waals surface area (Å²) in [6, 6.07) is 0. The van der Waals surface area contributed by atoms with E-state index in [1.165, 1.54) is 0 Å². The molecule has 0 aliphatic carbocycles. The minimum absolute atomic E-state index is 0.332. The SMILES string of the molecule is CCCNC(C)(CCOCCOCCC)C(N)=O. The number of nitrogens with one attached hydrogen (secondary N) is 1. The minimum Gasteiger partial charge on any atom is -0.379 e. The summed E-state index contributed by atoms with van der Waals surface area (Å²) >= 11 is 0. The maximum atomic E-state index is 11.4. The predicted octanol–water partition coefficient (Wildman–Crippen LogP) is 1.06. The van der Waals surface area contributed by atoms with E-state index in [9.17, 15) is 4.79 Å². The van der Waals surface area contributed by atoms with Crippen LogP contribution >= 0.6 is 0 Å². The van der Waals surface area contributed by atoms with Crippen LogP contribution in [0.4, 0.5) is 0 Å². The molecule has 0 spiro atoms. The summed E-state index contributed by atoms with van der Waals surface area (Å²) < 4.78 is 10.7. The van der Waals surface area contributed by atoms with E-state index < -0.39 is 5.54 Å². The van der Waals surface area contributed by atoms with Crippen molar-refractivity contribution < 1.29 is 14.3 Å². The molecule has 1 atom stereocenters. The van der Waals surface area contributed by atoms with Crippen LogP contribution in [-0.2, 0) is 14.3 Å². The van der Waals surface area contributed by atoms with E-state index in [0.29, 0.717) is 26.2 Å². The molecule has 0 bridgehead atoms. The highest BCUT2D eigenvalue weighted by Gasteiger charge is 2.29. The van der Waals surface area contributed by atoms with Gasteiger partial charge in [0.05, 0.1) is 18.8 Å². The van der Waals surface area contributed by atoms with E-state index in [1.807, 2.05) is 6.92 Å². The van der Waals surface area contributed by atoms with Crippen LogP contribution in [-0.4, -0.2) is 44.4 Å². The highest BCUT2D eigenvalue weighted by molar-refractivity contribution is 5.84. The van der Waals surface area contributed by atoms with E-state index in [4.69, 9.17) is 15.2 Å². The largest absolute Gasteiger partial charge is 0.379 e. The fourth-order valence-electron chi connectivity index (χ4n) is 1.44. The average molecular weight is 260 g/mol. The summed E-state index contributed by atoms with van der Waals surface area (Å²) in [5.74, 6) is -0.332. The van der Waals surface area contributed by atoms with E-state index in [0.717, 1.165) is 26.0 Å². The highest BCUT2D eigenvalue weighted by Crippen LogP contribution is 2.09. The molecule has 5 heteroatoms. The van der Waals surface area contributed by atoms with E-state index in [2.05, 4.69) is 19.2 Å². The molecule has 5 nitrogen and oxygen atoms in total. The molecule has 0 aromatic carbocycles. The molecule has 108 valence electrons. The third-order valence-electron chi connectivity index (χ3n) is 2.78. The zero-order chi connectivity index (χ0) is 13.9. The summed E-state index contributed by atoms with van der Waals surface area (Å²) in [5.41, 5.74) is 4.73. The second-order valence-electron chi connectivity index (χ2n) is 4.60. The van der Waals surface area contributed by atoms with Crippen LogP contribution in [0.3, 0.4) is 0 Å². The average Bonchev–Trinajstić information content (AvgIpc) is 2.35. The Balaban J connectivity index is 3.73. The second kappa shape index (κ2) is 10.3. The molecule has 0 aliphatic rings. The molecule has 0 aromatic rings. The van der Waals surface area contributed by atoms with Crippen molar-refractivity contribution in [2.75, 3.05) is 33.0 Å². The summed E-state index contributed by atoms with van der Waals surface area (Å²) in [6.07, 6.45) is 2.56. The Morgan fingerprint density at radius 3 is 2.22 bits per heavy atom. The van der Waals surface area contributed by atoms with Crippen molar-refractivity contribution in [3.8, 4) is 0 Å². The van der Waals surface area contributed by atoms with Crippen LogP contribution < -0.4 is 11.1 Å². The second-order valence-corrected chi connectivity index (χ2v) is 4.60. The van der Waals surface area contributed by atoms with Crippen LogP contribution in [0.15, 0.2) is 0 Å². The summed E-state index contributed by atoms with van der Waals surface area (Å²) in [5, 5.41) is 3.17. The van der Waals surface area contributed by atoms with Gasteiger partial charge in [-0.2, -0.15) is 0 Å². The quantitative estimate of drug-likeness (QED) is 0.515. The van der Waals surface area contributed by atoms with Gasteiger partial charge in [0.2, 0.25) is 5.91 Å². The molecule has 1 unspecified atom stereocenters. The topological polar surface area (TPSA) is 73.6 Å². The minimum atomic E-state index is -0.680. The lowest BCUT2D eigenvalue weighted by molar-refractivity contribution is -0.124. The Kier molecular flexibility index (Phi) is 9.92. The molecule has 18 heavy (non-hydrogen) atoms. The Hall–Kier alpha value is -0.650.